The van der Waals surface area contributed by atoms with Crippen molar-refractivity contribution in [3.63, 3.8) is 0 Å². The normalized spacial score (nSPS) is 20.5. The minimum absolute atomic E-state index is 0.0565. The quantitative estimate of drug-likeness (QED) is 0.921. The smallest absolute Gasteiger partial charge is 0.234 e. The van der Waals surface area contributed by atoms with E-state index < -0.39 is 0 Å². The molecule has 0 saturated carbocycles. The molecule has 0 radical (unpaired) electrons. The van der Waals surface area contributed by atoms with Gasteiger partial charge in [0.15, 0.2) is 0 Å². The third kappa shape index (κ3) is 3.36. The number of amides is 1. The molecule has 0 unspecified atom stereocenters. The standard InChI is InChI=1S/C16H20N2O2S/c1-12(15-5-3-8-20-15)17-16(19)10-18-7-2-4-14(18)13-6-9-21-11-13/h3,5-6,8-9,11-12,14H,2,4,7,10H2,1H3,(H,17,19)/t12-,14+/m0/s1. The van der Waals surface area contributed by atoms with E-state index in [1.54, 1.807) is 17.6 Å². The Hall–Kier alpha value is -1.59. The topological polar surface area (TPSA) is 45.5 Å². The SMILES string of the molecule is C[C@H](NC(=O)CN1CCC[C@@H]1c1ccsc1)c1ccco1. The summed E-state index contributed by atoms with van der Waals surface area (Å²) in [6.45, 7) is 3.38. The molecule has 0 aliphatic carbocycles. The fourth-order valence-corrected chi connectivity index (χ4v) is 3.64. The molecule has 1 saturated heterocycles. The minimum Gasteiger partial charge on any atom is -0.467 e. The number of rotatable bonds is 5. The first-order valence-corrected chi connectivity index (χ1v) is 8.27. The molecule has 5 heteroatoms. The summed E-state index contributed by atoms with van der Waals surface area (Å²) in [4.78, 5) is 14.5. The number of hydrogen-bond donors (Lipinski definition) is 1. The molecule has 1 fully saturated rings. The number of carbonyl (C=O) groups excluding carboxylic acids is 1. The molecule has 1 N–H and O–H groups in total. The van der Waals surface area contributed by atoms with Crippen LogP contribution in [0.1, 0.15) is 43.2 Å². The van der Waals surface area contributed by atoms with Crippen LogP contribution in [0.2, 0.25) is 0 Å². The first-order chi connectivity index (χ1) is 10.2. The van der Waals surface area contributed by atoms with E-state index in [1.807, 2.05) is 19.1 Å². The van der Waals surface area contributed by atoms with Gasteiger partial charge in [-0.1, -0.05) is 0 Å². The van der Waals surface area contributed by atoms with Gasteiger partial charge in [-0.25, -0.2) is 0 Å². The number of hydrogen-bond acceptors (Lipinski definition) is 4. The van der Waals surface area contributed by atoms with Gasteiger partial charge < -0.3 is 9.73 Å². The van der Waals surface area contributed by atoms with Crippen molar-refractivity contribution in [2.45, 2.75) is 31.8 Å². The minimum atomic E-state index is -0.0882. The van der Waals surface area contributed by atoms with Gasteiger partial charge in [0.05, 0.1) is 18.8 Å². The molecule has 0 aromatic carbocycles. The lowest BCUT2D eigenvalue weighted by molar-refractivity contribution is -0.123. The molecule has 1 amide bonds. The van der Waals surface area contributed by atoms with Crippen molar-refractivity contribution in [1.29, 1.82) is 0 Å². The zero-order chi connectivity index (χ0) is 14.7. The van der Waals surface area contributed by atoms with Gasteiger partial charge in [-0.3, -0.25) is 9.69 Å². The van der Waals surface area contributed by atoms with Crippen LogP contribution in [0, 0.1) is 0 Å². The third-order valence-electron chi connectivity index (χ3n) is 3.99. The van der Waals surface area contributed by atoms with Gasteiger partial charge in [0.1, 0.15) is 5.76 Å². The Labute approximate surface area is 128 Å². The van der Waals surface area contributed by atoms with Gasteiger partial charge in [-0.05, 0) is 60.8 Å². The number of carbonyl (C=O) groups is 1. The molecule has 112 valence electrons. The van der Waals surface area contributed by atoms with Crippen LogP contribution in [-0.4, -0.2) is 23.9 Å². The molecule has 21 heavy (non-hydrogen) atoms. The highest BCUT2D eigenvalue weighted by Crippen LogP contribution is 2.32. The summed E-state index contributed by atoms with van der Waals surface area (Å²) in [5.74, 6) is 0.847. The lowest BCUT2D eigenvalue weighted by atomic mass is 10.1. The van der Waals surface area contributed by atoms with Gasteiger partial charge in [0.25, 0.3) is 0 Å². The zero-order valence-electron chi connectivity index (χ0n) is 12.1. The van der Waals surface area contributed by atoms with Gasteiger partial charge in [-0.15, -0.1) is 0 Å². The molecule has 0 bridgehead atoms. The van der Waals surface area contributed by atoms with Crippen LogP contribution in [0.5, 0.6) is 0 Å². The lowest BCUT2D eigenvalue weighted by Gasteiger charge is -2.24. The molecular weight excluding hydrogens is 284 g/mol. The second-order valence-electron chi connectivity index (χ2n) is 5.49. The summed E-state index contributed by atoms with van der Waals surface area (Å²) in [7, 11) is 0. The van der Waals surface area contributed by atoms with E-state index in [1.165, 1.54) is 5.56 Å². The highest BCUT2D eigenvalue weighted by Gasteiger charge is 2.28. The number of furan rings is 1. The second-order valence-corrected chi connectivity index (χ2v) is 6.27. The van der Waals surface area contributed by atoms with Gasteiger partial charge in [-0.2, -0.15) is 11.3 Å². The maximum Gasteiger partial charge on any atom is 0.234 e. The summed E-state index contributed by atoms with van der Waals surface area (Å²) in [5, 5.41) is 7.29. The Morgan fingerprint density at radius 1 is 1.57 bits per heavy atom. The Morgan fingerprint density at radius 2 is 2.48 bits per heavy atom. The van der Waals surface area contributed by atoms with E-state index >= 15 is 0 Å². The van der Waals surface area contributed by atoms with Crippen molar-refractivity contribution >= 4 is 17.2 Å². The van der Waals surface area contributed by atoms with Crippen molar-refractivity contribution in [2.75, 3.05) is 13.1 Å². The maximum atomic E-state index is 12.2. The van der Waals surface area contributed by atoms with Crippen LogP contribution in [0.15, 0.2) is 39.6 Å². The highest BCUT2D eigenvalue weighted by molar-refractivity contribution is 7.07. The van der Waals surface area contributed by atoms with Crippen molar-refractivity contribution < 1.29 is 9.21 Å². The van der Waals surface area contributed by atoms with Crippen LogP contribution in [0.3, 0.4) is 0 Å². The van der Waals surface area contributed by atoms with Crippen LogP contribution < -0.4 is 5.32 Å². The monoisotopic (exact) mass is 304 g/mol. The molecule has 3 rings (SSSR count). The Balaban J connectivity index is 1.57. The molecule has 1 aliphatic heterocycles. The summed E-state index contributed by atoms with van der Waals surface area (Å²) in [6, 6.07) is 6.19. The van der Waals surface area contributed by atoms with E-state index in [2.05, 4.69) is 27.0 Å². The van der Waals surface area contributed by atoms with Crippen LogP contribution in [0.4, 0.5) is 0 Å². The average molecular weight is 304 g/mol. The fraction of sp³-hybridized carbons (Fsp3) is 0.438. The number of nitrogens with one attached hydrogen (secondary N) is 1. The van der Waals surface area contributed by atoms with Crippen LogP contribution in [0.25, 0.3) is 0 Å². The average Bonchev–Trinajstić information content (AvgIpc) is 3.21. The Morgan fingerprint density at radius 3 is 3.19 bits per heavy atom. The van der Waals surface area contributed by atoms with E-state index in [0.717, 1.165) is 25.1 Å². The number of nitrogens with zero attached hydrogens (tertiary/aromatic N) is 1. The van der Waals surface area contributed by atoms with E-state index in [-0.39, 0.29) is 11.9 Å². The second kappa shape index (κ2) is 6.45. The summed E-state index contributed by atoms with van der Waals surface area (Å²) >= 11 is 1.72. The molecular formula is C16H20N2O2S. The van der Waals surface area contributed by atoms with Crippen molar-refractivity contribution in [3.8, 4) is 0 Å². The van der Waals surface area contributed by atoms with Crippen LogP contribution in [-0.2, 0) is 4.79 Å². The summed E-state index contributed by atoms with van der Waals surface area (Å²) < 4.78 is 5.32. The predicted octanol–water partition coefficient (Wildman–Crippen LogP) is 3.36. The zero-order valence-corrected chi connectivity index (χ0v) is 12.9. The maximum absolute atomic E-state index is 12.2. The molecule has 2 atom stereocenters. The summed E-state index contributed by atoms with van der Waals surface area (Å²) in [6.07, 6.45) is 3.92. The van der Waals surface area contributed by atoms with Crippen LogP contribution >= 0.6 is 11.3 Å². The number of thiophene rings is 1. The van der Waals surface area contributed by atoms with E-state index in [4.69, 9.17) is 4.42 Å². The molecule has 4 nitrogen and oxygen atoms in total. The van der Waals surface area contributed by atoms with Crippen molar-refractivity contribution in [1.82, 2.24) is 10.2 Å². The van der Waals surface area contributed by atoms with Gasteiger partial charge in [0, 0.05) is 6.04 Å². The molecule has 3 heterocycles. The largest absolute Gasteiger partial charge is 0.467 e. The third-order valence-corrected chi connectivity index (χ3v) is 4.69. The molecule has 0 spiro atoms. The van der Waals surface area contributed by atoms with Gasteiger partial charge in [0.2, 0.25) is 5.91 Å². The first-order valence-electron chi connectivity index (χ1n) is 7.33. The highest BCUT2D eigenvalue weighted by atomic mass is 32.1. The van der Waals surface area contributed by atoms with E-state index in [9.17, 15) is 4.79 Å². The summed E-state index contributed by atoms with van der Waals surface area (Å²) in [5.41, 5.74) is 1.34. The fourth-order valence-electron chi connectivity index (χ4n) is 2.94. The van der Waals surface area contributed by atoms with Gasteiger partial charge >= 0.3 is 0 Å². The molecule has 1 aliphatic rings. The Kier molecular flexibility index (Phi) is 4.41. The molecule has 2 aromatic rings. The molecule has 2 aromatic heterocycles. The van der Waals surface area contributed by atoms with E-state index in [0.29, 0.717) is 12.6 Å². The Bertz CT molecular complexity index is 565. The van der Waals surface area contributed by atoms with Crippen molar-refractivity contribution in [3.05, 3.63) is 46.5 Å². The first kappa shape index (κ1) is 14.4. The van der Waals surface area contributed by atoms with Crippen molar-refractivity contribution in [2.24, 2.45) is 0 Å². The lowest BCUT2D eigenvalue weighted by Crippen LogP contribution is -2.37. The number of likely N-dealkylation sites (tertiary alicyclic amines) is 1. The predicted molar refractivity (Wildman–Crippen MR) is 83.1 cm³/mol.